The van der Waals surface area contributed by atoms with Crippen molar-refractivity contribution in [2.45, 2.75) is 19.8 Å². The van der Waals surface area contributed by atoms with Crippen molar-refractivity contribution in [2.24, 2.45) is 4.99 Å². The fourth-order valence-corrected chi connectivity index (χ4v) is 2.60. The molecule has 0 unspecified atom stereocenters. The van der Waals surface area contributed by atoms with Crippen LogP contribution < -0.4 is 10.6 Å². The first-order valence-corrected chi connectivity index (χ1v) is 9.84. The number of guanidine groups is 1. The van der Waals surface area contributed by atoms with Crippen LogP contribution in [0.2, 0.25) is 0 Å². The van der Waals surface area contributed by atoms with Crippen molar-refractivity contribution in [1.29, 1.82) is 0 Å². The van der Waals surface area contributed by atoms with Gasteiger partial charge in [-0.25, -0.2) is 0 Å². The Kier molecular flexibility index (Phi) is 8.94. The quantitative estimate of drug-likeness (QED) is 0.410. The van der Waals surface area contributed by atoms with E-state index in [1.54, 1.807) is 7.05 Å². The molecule has 0 radical (unpaired) electrons. The first-order valence-electron chi connectivity index (χ1n) is 8.44. The Balaban J connectivity index is 1.72. The van der Waals surface area contributed by atoms with E-state index >= 15 is 0 Å². The van der Waals surface area contributed by atoms with Gasteiger partial charge in [0.15, 0.2) is 5.96 Å². The normalized spacial score (nSPS) is 11.4. The maximum Gasteiger partial charge on any atom is 0.191 e. The lowest BCUT2D eigenvalue weighted by molar-refractivity contribution is 0.107. The van der Waals surface area contributed by atoms with Gasteiger partial charge in [0.2, 0.25) is 0 Å². The van der Waals surface area contributed by atoms with Crippen molar-refractivity contribution in [3.63, 3.8) is 0 Å². The molecule has 0 aliphatic heterocycles. The average Bonchev–Trinajstić information content (AvgIpc) is 2.66. The molecule has 0 fully saturated rings. The third kappa shape index (κ3) is 7.63. The maximum atomic E-state index is 5.77. The van der Waals surface area contributed by atoms with Crippen molar-refractivity contribution in [2.75, 3.05) is 25.6 Å². The summed E-state index contributed by atoms with van der Waals surface area (Å²) in [5.41, 5.74) is 3.60. The Hall–Kier alpha value is -1.98. The number of nitrogens with one attached hydrogen (secondary N) is 2. The molecule has 0 aliphatic rings. The summed E-state index contributed by atoms with van der Waals surface area (Å²) >= 11 is 1.82. The highest BCUT2D eigenvalue weighted by Gasteiger charge is 1.99. The highest BCUT2D eigenvalue weighted by molar-refractivity contribution is 7.98. The van der Waals surface area contributed by atoms with Crippen LogP contribution >= 0.6 is 11.8 Å². The monoisotopic (exact) mass is 357 g/mol. The minimum Gasteiger partial charge on any atom is -0.372 e. The molecule has 0 saturated carbocycles. The van der Waals surface area contributed by atoms with E-state index in [9.17, 15) is 0 Å². The lowest BCUT2D eigenvalue weighted by Gasteiger charge is -2.12. The van der Waals surface area contributed by atoms with E-state index in [0.717, 1.165) is 24.8 Å². The molecule has 2 N–H and O–H groups in total. The van der Waals surface area contributed by atoms with Crippen molar-refractivity contribution < 1.29 is 4.74 Å². The maximum absolute atomic E-state index is 5.77. The Bertz CT molecular complexity index is 629. The van der Waals surface area contributed by atoms with Gasteiger partial charge in [-0.1, -0.05) is 54.6 Å². The number of thioether (sulfide) groups is 1. The molecule has 2 aromatic carbocycles. The molecular formula is C20H27N3OS. The zero-order valence-electron chi connectivity index (χ0n) is 15.0. The zero-order valence-corrected chi connectivity index (χ0v) is 15.8. The first kappa shape index (κ1) is 19.3. The molecule has 0 saturated heterocycles. The Morgan fingerprint density at radius 2 is 1.56 bits per heavy atom. The van der Waals surface area contributed by atoms with Crippen molar-refractivity contribution >= 4 is 17.7 Å². The number of ether oxygens (including phenoxy) is 1. The van der Waals surface area contributed by atoms with Crippen LogP contribution in [-0.4, -0.2) is 31.6 Å². The SMILES string of the molecule is CN=C(NCCSC)NCc1ccc(COCc2ccccc2)cc1. The summed E-state index contributed by atoms with van der Waals surface area (Å²) in [6.07, 6.45) is 2.10. The molecule has 0 spiro atoms. The fourth-order valence-electron chi connectivity index (χ4n) is 2.29. The van der Waals surface area contributed by atoms with Crippen molar-refractivity contribution in [3.8, 4) is 0 Å². The standard InChI is InChI=1S/C20H27N3OS/c1-21-20(22-12-13-25-2)23-14-17-8-10-19(11-9-17)16-24-15-18-6-4-3-5-7-18/h3-11H,12-16H2,1-2H3,(H2,21,22,23). The minimum atomic E-state index is 0.626. The Labute approximate surface area is 155 Å². The highest BCUT2D eigenvalue weighted by atomic mass is 32.2. The molecule has 25 heavy (non-hydrogen) atoms. The van der Waals surface area contributed by atoms with Gasteiger partial charge < -0.3 is 15.4 Å². The number of aliphatic imine (C=N–C) groups is 1. The summed E-state index contributed by atoms with van der Waals surface area (Å²) in [7, 11) is 1.79. The number of benzene rings is 2. The minimum absolute atomic E-state index is 0.626. The summed E-state index contributed by atoms with van der Waals surface area (Å²) < 4.78 is 5.77. The summed E-state index contributed by atoms with van der Waals surface area (Å²) in [4.78, 5) is 4.23. The van der Waals surface area contributed by atoms with E-state index in [-0.39, 0.29) is 0 Å². The second-order valence-electron chi connectivity index (χ2n) is 5.64. The van der Waals surface area contributed by atoms with Gasteiger partial charge in [0, 0.05) is 25.9 Å². The lowest BCUT2D eigenvalue weighted by atomic mass is 10.1. The average molecular weight is 358 g/mol. The second-order valence-corrected chi connectivity index (χ2v) is 6.63. The Morgan fingerprint density at radius 1 is 0.920 bits per heavy atom. The molecule has 2 aromatic rings. The van der Waals surface area contributed by atoms with Gasteiger partial charge in [-0.2, -0.15) is 11.8 Å². The number of nitrogens with zero attached hydrogens (tertiary/aromatic N) is 1. The first-order chi connectivity index (χ1) is 12.3. The summed E-state index contributed by atoms with van der Waals surface area (Å²) in [5.74, 6) is 1.91. The van der Waals surface area contributed by atoms with Crippen LogP contribution in [0.5, 0.6) is 0 Å². The molecule has 0 aliphatic carbocycles. The van der Waals surface area contributed by atoms with Crippen LogP contribution in [-0.2, 0) is 24.5 Å². The molecule has 4 nitrogen and oxygen atoms in total. The van der Waals surface area contributed by atoms with Crippen LogP contribution in [0.3, 0.4) is 0 Å². The molecule has 2 rings (SSSR count). The number of rotatable bonds is 9. The van der Waals surface area contributed by atoms with Crippen molar-refractivity contribution in [3.05, 3.63) is 71.3 Å². The van der Waals surface area contributed by atoms with Gasteiger partial charge >= 0.3 is 0 Å². The van der Waals surface area contributed by atoms with E-state index in [4.69, 9.17) is 4.74 Å². The molecule has 0 heterocycles. The summed E-state index contributed by atoms with van der Waals surface area (Å²) in [6, 6.07) is 18.7. The lowest BCUT2D eigenvalue weighted by Crippen LogP contribution is -2.37. The summed E-state index contributed by atoms with van der Waals surface area (Å²) in [6.45, 7) is 2.94. The van der Waals surface area contributed by atoms with E-state index in [0.29, 0.717) is 13.2 Å². The smallest absolute Gasteiger partial charge is 0.191 e. The third-order valence-corrected chi connectivity index (χ3v) is 4.30. The van der Waals surface area contributed by atoms with E-state index in [1.807, 2.05) is 30.0 Å². The van der Waals surface area contributed by atoms with Gasteiger partial charge in [-0.3, -0.25) is 4.99 Å². The number of hydrogen-bond donors (Lipinski definition) is 2. The molecule has 5 heteroatoms. The van der Waals surface area contributed by atoms with Gasteiger partial charge in [0.05, 0.1) is 13.2 Å². The topological polar surface area (TPSA) is 45.7 Å². The Morgan fingerprint density at radius 3 is 2.20 bits per heavy atom. The van der Waals surface area contributed by atoms with Gasteiger partial charge in [-0.15, -0.1) is 0 Å². The molecule has 0 bridgehead atoms. The predicted molar refractivity (Wildman–Crippen MR) is 108 cm³/mol. The predicted octanol–water partition coefficient (Wildman–Crippen LogP) is 3.43. The van der Waals surface area contributed by atoms with Crippen LogP contribution in [0.4, 0.5) is 0 Å². The number of hydrogen-bond acceptors (Lipinski definition) is 3. The van der Waals surface area contributed by atoms with Crippen LogP contribution in [0.1, 0.15) is 16.7 Å². The van der Waals surface area contributed by atoms with Crippen LogP contribution in [0, 0.1) is 0 Å². The molecular weight excluding hydrogens is 330 g/mol. The zero-order chi connectivity index (χ0) is 17.7. The van der Waals surface area contributed by atoms with Gasteiger partial charge in [0.25, 0.3) is 0 Å². The molecule has 134 valence electrons. The molecule has 0 amide bonds. The van der Waals surface area contributed by atoms with Crippen LogP contribution in [0.25, 0.3) is 0 Å². The fraction of sp³-hybridized carbons (Fsp3) is 0.350. The third-order valence-electron chi connectivity index (χ3n) is 3.69. The highest BCUT2D eigenvalue weighted by Crippen LogP contribution is 2.08. The summed E-state index contributed by atoms with van der Waals surface area (Å²) in [5, 5.41) is 6.62. The molecule has 0 atom stereocenters. The van der Waals surface area contributed by atoms with Gasteiger partial charge in [-0.05, 0) is 22.9 Å². The van der Waals surface area contributed by atoms with E-state index < -0.39 is 0 Å². The van der Waals surface area contributed by atoms with E-state index in [2.05, 4.69) is 58.3 Å². The molecule has 0 aromatic heterocycles. The van der Waals surface area contributed by atoms with Crippen molar-refractivity contribution in [1.82, 2.24) is 10.6 Å². The largest absolute Gasteiger partial charge is 0.372 e. The van der Waals surface area contributed by atoms with E-state index in [1.165, 1.54) is 16.7 Å². The van der Waals surface area contributed by atoms with Crippen LogP contribution in [0.15, 0.2) is 59.6 Å². The second kappa shape index (κ2) is 11.6. The van der Waals surface area contributed by atoms with Gasteiger partial charge in [0.1, 0.15) is 0 Å².